The van der Waals surface area contributed by atoms with Crippen molar-refractivity contribution < 1.29 is 19.1 Å². The summed E-state index contributed by atoms with van der Waals surface area (Å²) < 4.78 is 10.7. The molecule has 1 aliphatic carbocycles. The van der Waals surface area contributed by atoms with Crippen LogP contribution in [0.3, 0.4) is 0 Å². The van der Waals surface area contributed by atoms with Crippen molar-refractivity contribution in [2.24, 2.45) is 0 Å². The van der Waals surface area contributed by atoms with E-state index >= 15 is 0 Å². The maximum absolute atomic E-state index is 11.9. The number of fused-ring (bicyclic) bond motifs is 1. The van der Waals surface area contributed by atoms with Gasteiger partial charge in [0.15, 0.2) is 0 Å². The quantitative estimate of drug-likeness (QED) is 0.697. The number of hydrogen-bond acceptors (Lipinski definition) is 5. The second-order valence-electron chi connectivity index (χ2n) is 5.96. The van der Waals surface area contributed by atoms with Gasteiger partial charge in [-0.3, -0.25) is 15.0 Å². The van der Waals surface area contributed by atoms with E-state index in [-0.39, 0.29) is 24.1 Å². The van der Waals surface area contributed by atoms with Crippen molar-refractivity contribution in [3.8, 4) is 0 Å². The van der Waals surface area contributed by atoms with Gasteiger partial charge in [-0.2, -0.15) is 0 Å². The molecule has 2 aliphatic heterocycles. The normalized spacial score (nSPS) is 28.8. The first-order valence-corrected chi connectivity index (χ1v) is 7.45. The first-order chi connectivity index (χ1) is 9.98. The highest BCUT2D eigenvalue weighted by atomic mass is 16.5. The summed E-state index contributed by atoms with van der Waals surface area (Å²) in [4.78, 5) is 25.6. The standard InChI is InChI=1S/C14H25N3O4/c1-4-21-14-5-11(6-14)17(9-14)7-12(18)16-13(19)15-10(2)8-20-3/h10-11H,4-9H2,1-3H3,(H2,15,16,18,19). The van der Waals surface area contributed by atoms with Gasteiger partial charge in [-0.15, -0.1) is 0 Å². The molecular formula is C14H25N3O4. The van der Waals surface area contributed by atoms with Crippen molar-refractivity contribution in [3.05, 3.63) is 0 Å². The van der Waals surface area contributed by atoms with Crippen LogP contribution in [-0.4, -0.2) is 67.9 Å². The summed E-state index contributed by atoms with van der Waals surface area (Å²) in [5.74, 6) is -0.281. The molecule has 2 saturated heterocycles. The minimum absolute atomic E-state index is 0.0467. The molecule has 3 fully saturated rings. The van der Waals surface area contributed by atoms with Crippen LogP contribution in [-0.2, 0) is 14.3 Å². The molecule has 2 heterocycles. The van der Waals surface area contributed by atoms with Crippen LogP contribution in [0.2, 0.25) is 0 Å². The average molecular weight is 299 g/mol. The smallest absolute Gasteiger partial charge is 0.321 e. The number of amides is 3. The van der Waals surface area contributed by atoms with Crippen molar-refractivity contribution in [1.29, 1.82) is 0 Å². The predicted molar refractivity (Wildman–Crippen MR) is 77.0 cm³/mol. The summed E-state index contributed by atoms with van der Waals surface area (Å²) in [6.45, 7) is 5.93. The van der Waals surface area contributed by atoms with Crippen LogP contribution < -0.4 is 10.6 Å². The fourth-order valence-corrected chi connectivity index (χ4v) is 3.24. The zero-order valence-corrected chi connectivity index (χ0v) is 13.0. The van der Waals surface area contributed by atoms with Crippen LogP contribution in [0.4, 0.5) is 4.79 Å². The number of urea groups is 1. The number of hydrogen-bond donors (Lipinski definition) is 2. The minimum Gasteiger partial charge on any atom is -0.383 e. The Bertz CT molecular complexity index is 396. The van der Waals surface area contributed by atoms with Gasteiger partial charge in [-0.1, -0.05) is 0 Å². The molecule has 0 aromatic carbocycles. The Labute approximate surface area is 125 Å². The third-order valence-electron chi connectivity index (χ3n) is 4.07. The van der Waals surface area contributed by atoms with Crippen molar-refractivity contribution >= 4 is 11.9 Å². The van der Waals surface area contributed by atoms with E-state index in [2.05, 4.69) is 15.5 Å². The largest absolute Gasteiger partial charge is 0.383 e. The fourth-order valence-electron chi connectivity index (χ4n) is 3.24. The van der Waals surface area contributed by atoms with Crippen LogP contribution in [0.5, 0.6) is 0 Å². The number of ether oxygens (including phenoxy) is 2. The Morgan fingerprint density at radius 3 is 2.76 bits per heavy atom. The van der Waals surface area contributed by atoms with Crippen molar-refractivity contribution in [2.45, 2.75) is 44.4 Å². The van der Waals surface area contributed by atoms with Gasteiger partial charge in [0.1, 0.15) is 0 Å². The lowest BCUT2D eigenvalue weighted by molar-refractivity contribution is -0.121. The monoisotopic (exact) mass is 299 g/mol. The lowest BCUT2D eigenvalue weighted by atomic mass is 9.81. The number of nitrogens with one attached hydrogen (secondary N) is 2. The summed E-state index contributed by atoms with van der Waals surface area (Å²) in [6, 6.07) is -0.197. The summed E-state index contributed by atoms with van der Waals surface area (Å²) in [6.07, 6.45) is 1.98. The van der Waals surface area contributed by atoms with Crippen LogP contribution in [0.15, 0.2) is 0 Å². The Morgan fingerprint density at radius 2 is 2.14 bits per heavy atom. The summed E-state index contributed by atoms with van der Waals surface area (Å²) >= 11 is 0. The highest BCUT2D eigenvalue weighted by molar-refractivity contribution is 5.95. The maximum Gasteiger partial charge on any atom is 0.321 e. The van der Waals surface area contributed by atoms with Crippen LogP contribution >= 0.6 is 0 Å². The van der Waals surface area contributed by atoms with Crippen LogP contribution in [0.1, 0.15) is 26.7 Å². The number of carbonyl (C=O) groups excluding carboxylic acids is 2. The van der Waals surface area contributed by atoms with E-state index in [1.165, 1.54) is 0 Å². The number of rotatable bonds is 7. The van der Waals surface area contributed by atoms with E-state index in [1.54, 1.807) is 7.11 Å². The van der Waals surface area contributed by atoms with Crippen LogP contribution in [0.25, 0.3) is 0 Å². The molecule has 3 aliphatic rings. The van der Waals surface area contributed by atoms with Gasteiger partial charge in [-0.25, -0.2) is 4.79 Å². The second-order valence-corrected chi connectivity index (χ2v) is 5.96. The molecule has 7 nitrogen and oxygen atoms in total. The maximum atomic E-state index is 11.9. The van der Waals surface area contributed by atoms with Gasteiger partial charge in [0.05, 0.1) is 24.8 Å². The fraction of sp³-hybridized carbons (Fsp3) is 0.857. The molecule has 0 spiro atoms. The van der Waals surface area contributed by atoms with Gasteiger partial charge >= 0.3 is 6.03 Å². The molecule has 7 heteroatoms. The van der Waals surface area contributed by atoms with Gasteiger partial charge in [0, 0.05) is 26.3 Å². The molecule has 1 atom stereocenters. The van der Waals surface area contributed by atoms with Gasteiger partial charge in [0.2, 0.25) is 5.91 Å². The Morgan fingerprint density at radius 1 is 1.43 bits per heavy atom. The van der Waals surface area contributed by atoms with E-state index in [0.717, 1.165) is 19.4 Å². The van der Waals surface area contributed by atoms with Gasteiger partial charge < -0.3 is 14.8 Å². The first-order valence-electron chi connectivity index (χ1n) is 7.45. The zero-order valence-electron chi connectivity index (χ0n) is 13.0. The van der Waals surface area contributed by atoms with E-state index in [4.69, 9.17) is 9.47 Å². The Hall–Kier alpha value is -1.18. The third-order valence-corrected chi connectivity index (χ3v) is 4.07. The summed E-state index contributed by atoms with van der Waals surface area (Å²) in [5.41, 5.74) is -0.0467. The summed E-state index contributed by atoms with van der Waals surface area (Å²) in [7, 11) is 1.56. The van der Waals surface area contributed by atoms with E-state index < -0.39 is 6.03 Å². The molecule has 1 saturated carbocycles. The summed E-state index contributed by atoms with van der Waals surface area (Å²) in [5, 5.41) is 5.00. The number of carbonyl (C=O) groups is 2. The van der Waals surface area contributed by atoms with E-state index in [9.17, 15) is 9.59 Å². The molecule has 2 N–H and O–H groups in total. The molecule has 21 heavy (non-hydrogen) atoms. The predicted octanol–water partition coefficient (Wildman–Crippen LogP) is 0.100. The molecule has 2 bridgehead atoms. The number of nitrogens with zero attached hydrogens (tertiary/aromatic N) is 1. The molecule has 3 amide bonds. The SMILES string of the molecule is CCOC12CC(C1)N(CC(=O)NC(=O)NC(C)COC)C2. The Kier molecular flexibility index (Phi) is 5.18. The first kappa shape index (κ1) is 16.2. The Balaban J connectivity index is 1.70. The minimum atomic E-state index is -0.476. The average Bonchev–Trinajstić information content (AvgIpc) is 2.82. The van der Waals surface area contributed by atoms with E-state index in [0.29, 0.717) is 19.3 Å². The van der Waals surface area contributed by atoms with Crippen molar-refractivity contribution in [3.63, 3.8) is 0 Å². The van der Waals surface area contributed by atoms with Gasteiger partial charge in [-0.05, 0) is 26.7 Å². The zero-order chi connectivity index (χ0) is 15.5. The molecule has 0 aromatic heterocycles. The highest BCUT2D eigenvalue weighted by Crippen LogP contribution is 2.46. The molecule has 1 unspecified atom stereocenters. The third kappa shape index (κ3) is 3.93. The van der Waals surface area contributed by atoms with Crippen LogP contribution in [0, 0.1) is 0 Å². The van der Waals surface area contributed by atoms with Crippen molar-refractivity contribution in [2.75, 3.05) is 33.4 Å². The number of methoxy groups -OCH3 is 1. The van der Waals surface area contributed by atoms with Gasteiger partial charge in [0.25, 0.3) is 0 Å². The molecule has 0 aromatic rings. The second kappa shape index (κ2) is 6.72. The highest BCUT2D eigenvalue weighted by Gasteiger charge is 2.56. The van der Waals surface area contributed by atoms with E-state index in [1.807, 2.05) is 13.8 Å². The molecule has 3 rings (SSSR count). The molecule has 120 valence electrons. The number of imide groups is 1. The van der Waals surface area contributed by atoms with Crippen molar-refractivity contribution in [1.82, 2.24) is 15.5 Å². The topological polar surface area (TPSA) is 79.9 Å². The lowest BCUT2D eigenvalue weighted by Gasteiger charge is -2.36. The molecular weight excluding hydrogens is 274 g/mol. The molecule has 0 radical (unpaired) electrons. The lowest BCUT2D eigenvalue weighted by Crippen LogP contribution is -2.48.